The number of nitrogens with two attached hydrogens (primary N) is 2. The lowest BCUT2D eigenvalue weighted by Crippen LogP contribution is -2.23. The van der Waals surface area contributed by atoms with Crippen molar-refractivity contribution < 1.29 is 4.79 Å². The fourth-order valence-corrected chi connectivity index (χ4v) is 2.26. The van der Waals surface area contributed by atoms with Crippen LogP contribution in [0.3, 0.4) is 0 Å². The van der Waals surface area contributed by atoms with E-state index in [4.69, 9.17) is 11.5 Å². The molecule has 1 aromatic heterocycles. The monoisotopic (exact) mass is 224 g/mol. The summed E-state index contributed by atoms with van der Waals surface area (Å²) in [6.07, 6.45) is 0. The van der Waals surface area contributed by atoms with Gasteiger partial charge in [-0.2, -0.15) is 11.8 Å². The third-order valence-corrected chi connectivity index (χ3v) is 3.66. The van der Waals surface area contributed by atoms with Crippen LogP contribution >= 0.6 is 11.8 Å². The fraction of sp³-hybridized carbons (Fsp3) is 0.444. The van der Waals surface area contributed by atoms with E-state index in [9.17, 15) is 4.79 Å². The van der Waals surface area contributed by atoms with E-state index in [1.54, 1.807) is 6.92 Å². The fourth-order valence-electron chi connectivity index (χ4n) is 1.49. The Kier molecular flexibility index (Phi) is 2.52. The van der Waals surface area contributed by atoms with Gasteiger partial charge in [-0.25, -0.2) is 9.97 Å². The topological polar surface area (TPSA) is 94.9 Å². The summed E-state index contributed by atoms with van der Waals surface area (Å²) in [5, 5.41) is 0. The molecule has 0 unspecified atom stereocenters. The van der Waals surface area contributed by atoms with Crippen molar-refractivity contribution in [2.45, 2.75) is 12.8 Å². The quantitative estimate of drug-likeness (QED) is 0.753. The molecule has 80 valence electrons. The first-order valence-corrected chi connectivity index (χ1v) is 5.76. The first-order chi connectivity index (χ1) is 7.09. The number of aromatic nitrogens is 2. The number of carbonyl (C=O) groups is 1. The Labute approximate surface area is 91.7 Å². The van der Waals surface area contributed by atoms with Gasteiger partial charge in [0.25, 0.3) is 5.91 Å². The first kappa shape index (κ1) is 10.2. The molecule has 0 aromatic carbocycles. The Morgan fingerprint density at radius 3 is 2.53 bits per heavy atom. The minimum Gasteiger partial charge on any atom is -0.383 e. The number of rotatable bonds is 2. The summed E-state index contributed by atoms with van der Waals surface area (Å²) in [7, 11) is 0. The molecule has 0 atom stereocenters. The van der Waals surface area contributed by atoms with Gasteiger partial charge in [0.15, 0.2) is 0 Å². The average molecular weight is 224 g/mol. The van der Waals surface area contributed by atoms with Crippen LogP contribution in [-0.4, -0.2) is 27.4 Å². The maximum Gasteiger partial charge on any atom is 0.254 e. The third-order valence-electron chi connectivity index (χ3n) is 2.38. The molecular weight excluding hydrogens is 212 g/mol. The van der Waals surface area contributed by atoms with E-state index in [1.165, 1.54) is 0 Å². The van der Waals surface area contributed by atoms with Gasteiger partial charge in [0.05, 0.1) is 5.69 Å². The van der Waals surface area contributed by atoms with Gasteiger partial charge in [-0.1, -0.05) is 0 Å². The lowest BCUT2D eigenvalue weighted by molar-refractivity contribution is 0.1000. The molecule has 0 saturated carbocycles. The zero-order valence-electron chi connectivity index (χ0n) is 8.36. The molecule has 1 fully saturated rings. The van der Waals surface area contributed by atoms with E-state index in [2.05, 4.69) is 9.97 Å². The van der Waals surface area contributed by atoms with Crippen molar-refractivity contribution in [2.24, 2.45) is 5.73 Å². The molecule has 15 heavy (non-hydrogen) atoms. The molecule has 1 aliphatic heterocycles. The van der Waals surface area contributed by atoms with E-state index in [-0.39, 0.29) is 11.4 Å². The van der Waals surface area contributed by atoms with E-state index in [1.807, 2.05) is 11.8 Å². The number of hydrogen-bond acceptors (Lipinski definition) is 5. The molecule has 2 rings (SSSR count). The van der Waals surface area contributed by atoms with Crippen LogP contribution in [-0.2, 0) is 0 Å². The highest BCUT2D eigenvalue weighted by atomic mass is 32.2. The smallest absolute Gasteiger partial charge is 0.254 e. The molecule has 1 saturated heterocycles. The summed E-state index contributed by atoms with van der Waals surface area (Å²) in [5.41, 5.74) is 11.7. The van der Waals surface area contributed by atoms with Gasteiger partial charge < -0.3 is 11.5 Å². The Hall–Kier alpha value is -1.30. The number of thioether (sulfide) groups is 1. The lowest BCUT2D eigenvalue weighted by Gasteiger charge is -2.24. The number of amides is 1. The standard InChI is InChI=1S/C9H12N4OS/c1-4-6(8(11)14)7(10)13-9(12-4)5-2-15-3-5/h5H,2-3H2,1H3,(H2,11,14)(H2,10,12,13). The molecule has 0 radical (unpaired) electrons. The lowest BCUT2D eigenvalue weighted by atomic mass is 10.1. The number of anilines is 1. The van der Waals surface area contributed by atoms with Gasteiger partial charge in [-0.05, 0) is 6.92 Å². The van der Waals surface area contributed by atoms with Gasteiger partial charge in [-0.15, -0.1) is 0 Å². The molecule has 1 aromatic rings. The van der Waals surface area contributed by atoms with Crippen molar-refractivity contribution in [1.29, 1.82) is 0 Å². The Balaban J connectivity index is 2.42. The Morgan fingerprint density at radius 1 is 1.47 bits per heavy atom. The highest BCUT2D eigenvalue weighted by Gasteiger charge is 2.25. The van der Waals surface area contributed by atoms with Gasteiger partial charge in [0.1, 0.15) is 17.2 Å². The number of primary amides is 1. The largest absolute Gasteiger partial charge is 0.383 e. The Morgan fingerprint density at radius 2 is 2.13 bits per heavy atom. The number of aryl methyl sites for hydroxylation is 1. The summed E-state index contributed by atoms with van der Waals surface area (Å²) in [6, 6.07) is 0. The summed E-state index contributed by atoms with van der Waals surface area (Å²) in [6.45, 7) is 1.73. The zero-order valence-corrected chi connectivity index (χ0v) is 9.17. The van der Waals surface area contributed by atoms with E-state index < -0.39 is 5.91 Å². The van der Waals surface area contributed by atoms with Crippen molar-refractivity contribution >= 4 is 23.5 Å². The number of nitrogen functional groups attached to an aromatic ring is 1. The average Bonchev–Trinajstić information content (AvgIpc) is 1.97. The van der Waals surface area contributed by atoms with Gasteiger partial charge in [0.2, 0.25) is 0 Å². The van der Waals surface area contributed by atoms with Crippen LogP contribution in [0.5, 0.6) is 0 Å². The van der Waals surface area contributed by atoms with Gasteiger partial charge >= 0.3 is 0 Å². The van der Waals surface area contributed by atoms with Crippen LogP contribution in [0.1, 0.15) is 27.8 Å². The van der Waals surface area contributed by atoms with Crippen LogP contribution < -0.4 is 11.5 Å². The van der Waals surface area contributed by atoms with E-state index in [0.29, 0.717) is 11.6 Å². The highest BCUT2D eigenvalue weighted by molar-refractivity contribution is 8.00. The highest BCUT2D eigenvalue weighted by Crippen LogP contribution is 2.32. The number of hydrogen-bond donors (Lipinski definition) is 2. The second kappa shape index (κ2) is 3.69. The van der Waals surface area contributed by atoms with Crippen molar-refractivity contribution in [1.82, 2.24) is 9.97 Å². The first-order valence-electron chi connectivity index (χ1n) is 4.61. The second-order valence-electron chi connectivity index (χ2n) is 3.53. The molecule has 1 aliphatic rings. The normalized spacial score (nSPS) is 16.1. The molecule has 1 amide bonds. The van der Waals surface area contributed by atoms with Crippen molar-refractivity contribution in [3.63, 3.8) is 0 Å². The van der Waals surface area contributed by atoms with Crippen molar-refractivity contribution in [3.8, 4) is 0 Å². The SMILES string of the molecule is Cc1nc(C2CSC2)nc(N)c1C(N)=O. The Bertz CT molecular complexity index is 394. The summed E-state index contributed by atoms with van der Waals surface area (Å²) < 4.78 is 0. The minimum absolute atomic E-state index is 0.196. The molecule has 4 N–H and O–H groups in total. The maximum atomic E-state index is 11.1. The van der Waals surface area contributed by atoms with Crippen LogP contribution in [0.2, 0.25) is 0 Å². The molecule has 2 heterocycles. The molecule has 0 bridgehead atoms. The second-order valence-corrected chi connectivity index (χ2v) is 4.60. The van der Waals surface area contributed by atoms with Gasteiger partial charge in [-0.3, -0.25) is 4.79 Å². The van der Waals surface area contributed by atoms with Crippen LogP contribution in [0, 0.1) is 6.92 Å². The van der Waals surface area contributed by atoms with Gasteiger partial charge in [0, 0.05) is 17.4 Å². The van der Waals surface area contributed by atoms with Crippen molar-refractivity contribution in [3.05, 3.63) is 17.1 Å². The third kappa shape index (κ3) is 1.77. The minimum atomic E-state index is -0.570. The summed E-state index contributed by atoms with van der Waals surface area (Å²) in [4.78, 5) is 19.5. The van der Waals surface area contributed by atoms with Crippen molar-refractivity contribution in [2.75, 3.05) is 17.2 Å². The van der Waals surface area contributed by atoms with Crippen LogP contribution in [0.4, 0.5) is 5.82 Å². The zero-order chi connectivity index (χ0) is 11.0. The maximum absolute atomic E-state index is 11.1. The predicted molar refractivity (Wildman–Crippen MR) is 59.8 cm³/mol. The van der Waals surface area contributed by atoms with E-state index >= 15 is 0 Å². The number of nitrogens with zero attached hydrogens (tertiary/aromatic N) is 2. The molecule has 0 aliphatic carbocycles. The molecule has 6 heteroatoms. The number of carbonyl (C=O) groups excluding carboxylic acids is 1. The van der Waals surface area contributed by atoms with Crippen LogP contribution in [0.15, 0.2) is 0 Å². The molecule has 0 spiro atoms. The van der Waals surface area contributed by atoms with Crippen LogP contribution in [0.25, 0.3) is 0 Å². The summed E-state index contributed by atoms with van der Waals surface area (Å²) in [5.74, 6) is 2.77. The molecule has 5 nitrogen and oxygen atoms in total. The predicted octanol–water partition coefficient (Wildman–Crippen LogP) is 0.297. The summed E-state index contributed by atoms with van der Waals surface area (Å²) >= 11 is 1.85. The van der Waals surface area contributed by atoms with E-state index in [0.717, 1.165) is 17.3 Å². The molecular formula is C9H12N4OS.